The molecule has 20 heavy (non-hydrogen) atoms. The Hall–Kier alpha value is -0.300. The second kappa shape index (κ2) is 8.22. The van der Waals surface area contributed by atoms with Crippen molar-refractivity contribution in [3.05, 3.63) is 22.4 Å². The van der Waals surface area contributed by atoms with E-state index in [0.29, 0.717) is 6.04 Å². The summed E-state index contributed by atoms with van der Waals surface area (Å²) >= 11 is 1.82. The van der Waals surface area contributed by atoms with E-state index in [4.69, 9.17) is 0 Å². The molecule has 1 aromatic heterocycles. The molecule has 0 atom stereocenters. The highest BCUT2D eigenvalue weighted by Crippen LogP contribution is 2.26. The van der Waals surface area contributed by atoms with Gasteiger partial charge in [0.05, 0.1) is 0 Å². The molecule has 1 aliphatic rings. The van der Waals surface area contributed by atoms with Crippen molar-refractivity contribution in [1.29, 1.82) is 0 Å². The van der Waals surface area contributed by atoms with Crippen LogP contribution in [-0.2, 0) is 5.41 Å². The first-order valence-corrected chi connectivity index (χ1v) is 8.01. The van der Waals surface area contributed by atoms with Gasteiger partial charge in [0.25, 0.3) is 0 Å². The molecule has 1 saturated carbocycles. The highest BCUT2D eigenvalue weighted by Gasteiger charge is 2.23. The fourth-order valence-electron chi connectivity index (χ4n) is 2.51. The van der Waals surface area contributed by atoms with Crippen LogP contribution in [0.25, 0.3) is 0 Å². The van der Waals surface area contributed by atoms with Gasteiger partial charge in [0, 0.05) is 29.9 Å². The van der Waals surface area contributed by atoms with E-state index in [0.717, 1.165) is 12.5 Å². The summed E-state index contributed by atoms with van der Waals surface area (Å²) in [4.78, 5) is 5.75. The number of aliphatic imine (C=N–C) groups is 1. The summed E-state index contributed by atoms with van der Waals surface area (Å²) in [5.74, 6) is 0.941. The molecule has 0 radical (unpaired) electrons. The lowest BCUT2D eigenvalue weighted by Crippen LogP contribution is -2.46. The maximum atomic E-state index is 4.33. The van der Waals surface area contributed by atoms with Gasteiger partial charge in [-0.05, 0) is 24.3 Å². The smallest absolute Gasteiger partial charge is 0.191 e. The zero-order valence-corrected chi connectivity index (χ0v) is 15.8. The van der Waals surface area contributed by atoms with E-state index in [-0.39, 0.29) is 29.4 Å². The molecule has 0 spiro atoms. The second-order valence-electron chi connectivity index (χ2n) is 5.91. The number of nitrogens with zero attached hydrogens (tertiary/aromatic N) is 1. The van der Waals surface area contributed by atoms with Gasteiger partial charge in [-0.15, -0.1) is 35.3 Å². The number of rotatable bonds is 4. The summed E-state index contributed by atoms with van der Waals surface area (Å²) in [7, 11) is 1.85. The minimum Gasteiger partial charge on any atom is -0.356 e. The lowest BCUT2D eigenvalue weighted by molar-refractivity contribution is 0.512. The topological polar surface area (TPSA) is 36.4 Å². The van der Waals surface area contributed by atoms with Crippen LogP contribution in [0.5, 0.6) is 0 Å². The van der Waals surface area contributed by atoms with Gasteiger partial charge in [0.1, 0.15) is 0 Å². The van der Waals surface area contributed by atoms with Gasteiger partial charge in [0.2, 0.25) is 0 Å². The van der Waals surface area contributed by atoms with E-state index >= 15 is 0 Å². The molecular weight excluding hydrogens is 381 g/mol. The number of hydrogen-bond acceptors (Lipinski definition) is 2. The Kier molecular flexibility index (Phi) is 7.29. The quantitative estimate of drug-likeness (QED) is 0.453. The van der Waals surface area contributed by atoms with Gasteiger partial charge in [-0.25, -0.2) is 0 Å². The minimum atomic E-state index is 0. The van der Waals surface area contributed by atoms with Crippen molar-refractivity contribution in [3.8, 4) is 0 Å². The van der Waals surface area contributed by atoms with Crippen LogP contribution in [0.2, 0.25) is 0 Å². The predicted octanol–water partition coefficient (Wildman–Crippen LogP) is 3.75. The summed E-state index contributed by atoms with van der Waals surface area (Å²) in [5, 5.41) is 9.14. The monoisotopic (exact) mass is 407 g/mol. The Bertz CT molecular complexity index is 409. The lowest BCUT2D eigenvalue weighted by atomic mass is 9.91. The summed E-state index contributed by atoms with van der Waals surface area (Å²) in [6.45, 7) is 5.45. The van der Waals surface area contributed by atoms with Gasteiger partial charge >= 0.3 is 0 Å². The van der Waals surface area contributed by atoms with Gasteiger partial charge in [-0.1, -0.05) is 32.8 Å². The van der Waals surface area contributed by atoms with E-state index < -0.39 is 0 Å². The van der Waals surface area contributed by atoms with Crippen LogP contribution in [0.3, 0.4) is 0 Å². The van der Waals surface area contributed by atoms with Crippen LogP contribution in [-0.4, -0.2) is 25.6 Å². The normalized spacial score (nSPS) is 16.9. The van der Waals surface area contributed by atoms with E-state index in [2.05, 4.69) is 47.0 Å². The molecule has 1 aromatic rings. The number of nitrogens with one attached hydrogen (secondary N) is 2. The van der Waals surface area contributed by atoms with Crippen LogP contribution < -0.4 is 10.6 Å². The third kappa shape index (κ3) is 4.91. The van der Waals surface area contributed by atoms with Crippen LogP contribution in [0.15, 0.2) is 22.5 Å². The molecule has 1 aliphatic carbocycles. The molecule has 3 nitrogen and oxygen atoms in total. The van der Waals surface area contributed by atoms with Crippen molar-refractivity contribution in [1.82, 2.24) is 10.6 Å². The van der Waals surface area contributed by atoms with Crippen molar-refractivity contribution in [3.63, 3.8) is 0 Å². The van der Waals surface area contributed by atoms with Crippen LogP contribution in [0, 0.1) is 0 Å². The van der Waals surface area contributed by atoms with Crippen LogP contribution in [0.1, 0.15) is 44.4 Å². The van der Waals surface area contributed by atoms with Gasteiger partial charge in [-0.3, -0.25) is 4.99 Å². The van der Waals surface area contributed by atoms with Crippen LogP contribution in [0.4, 0.5) is 0 Å². The molecule has 0 bridgehead atoms. The van der Waals surface area contributed by atoms with Crippen molar-refractivity contribution in [2.75, 3.05) is 13.6 Å². The number of guanidine groups is 1. The van der Waals surface area contributed by atoms with Gasteiger partial charge in [-0.2, -0.15) is 0 Å². The number of halogens is 1. The Balaban J connectivity index is 0.00000200. The molecule has 1 fully saturated rings. The third-order valence-electron chi connectivity index (χ3n) is 3.81. The molecule has 0 aliphatic heterocycles. The fraction of sp³-hybridized carbons (Fsp3) is 0.667. The molecule has 0 unspecified atom stereocenters. The third-order valence-corrected chi connectivity index (χ3v) is 5.04. The number of thiophene rings is 1. The Morgan fingerprint density at radius 2 is 2.10 bits per heavy atom. The second-order valence-corrected chi connectivity index (χ2v) is 6.86. The average Bonchev–Trinajstić information content (AvgIpc) is 3.07. The highest BCUT2D eigenvalue weighted by atomic mass is 127. The molecule has 114 valence electrons. The van der Waals surface area contributed by atoms with Gasteiger partial charge in [0.15, 0.2) is 5.96 Å². The predicted molar refractivity (Wildman–Crippen MR) is 99.5 cm³/mol. The summed E-state index contributed by atoms with van der Waals surface area (Å²) in [5.41, 5.74) is 0.140. The van der Waals surface area contributed by atoms with E-state index in [1.807, 2.05) is 18.4 Å². The minimum absolute atomic E-state index is 0. The van der Waals surface area contributed by atoms with Crippen molar-refractivity contribution in [2.24, 2.45) is 4.99 Å². The molecule has 0 amide bonds. The van der Waals surface area contributed by atoms with Crippen molar-refractivity contribution >= 4 is 41.3 Å². The molecule has 0 saturated heterocycles. The van der Waals surface area contributed by atoms with Crippen LogP contribution >= 0.6 is 35.3 Å². The standard InChI is InChI=1S/C15H25N3S.HI/c1-15(2,13-9-6-10-19-13)11-17-14(16-3)18-12-7-4-5-8-12;/h6,9-10,12H,4-5,7-8,11H2,1-3H3,(H2,16,17,18);1H. The largest absolute Gasteiger partial charge is 0.356 e. The Labute approximate surface area is 143 Å². The molecule has 5 heteroatoms. The first-order chi connectivity index (χ1) is 9.12. The molecule has 1 heterocycles. The lowest BCUT2D eigenvalue weighted by Gasteiger charge is -2.26. The SMILES string of the molecule is CN=C(NCC(C)(C)c1cccs1)NC1CCCC1.I. The first kappa shape index (κ1) is 17.8. The fourth-order valence-corrected chi connectivity index (χ4v) is 3.37. The van der Waals surface area contributed by atoms with E-state index in [1.54, 1.807) is 0 Å². The average molecular weight is 407 g/mol. The molecule has 2 N–H and O–H groups in total. The molecule has 2 rings (SSSR count). The zero-order valence-electron chi connectivity index (χ0n) is 12.6. The summed E-state index contributed by atoms with van der Waals surface area (Å²) in [6.07, 6.45) is 5.23. The summed E-state index contributed by atoms with van der Waals surface area (Å²) < 4.78 is 0. The first-order valence-electron chi connectivity index (χ1n) is 7.13. The van der Waals surface area contributed by atoms with Gasteiger partial charge < -0.3 is 10.6 Å². The molecular formula is C15H26IN3S. The highest BCUT2D eigenvalue weighted by molar-refractivity contribution is 14.0. The Morgan fingerprint density at radius 1 is 1.40 bits per heavy atom. The van der Waals surface area contributed by atoms with E-state index in [9.17, 15) is 0 Å². The number of hydrogen-bond donors (Lipinski definition) is 2. The maximum Gasteiger partial charge on any atom is 0.191 e. The van der Waals surface area contributed by atoms with Crippen molar-refractivity contribution < 1.29 is 0 Å². The maximum absolute atomic E-state index is 4.33. The Morgan fingerprint density at radius 3 is 2.65 bits per heavy atom. The molecule has 0 aromatic carbocycles. The summed E-state index contributed by atoms with van der Waals surface area (Å²) in [6, 6.07) is 4.93. The van der Waals surface area contributed by atoms with E-state index in [1.165, 1.54) is 30.6 Å². The van der Waals surface area contributed by atoms with Crippen molar-refractivity contribution in [2.45, 2.75) is 51.0 Å². The zero-order chi connectivity index (χ0) is 13.7.